The normalized spacial score (nSPS) is 9.76. The second kappa shape index (κ2) is 8.63. The number of esters is 1. The van der Waals surface area contributed by atoms with E-state index < -0.39 is 11.9 Å². The topological polar surface area (TPSA) is 82.1 Å². The largest absolute Gasteiger partial charge is 0.496 e. The number of carboxylic acids is 1. The fraction of sp³-hybridized carbons (Fsp3) is 0.333. The minimum atomic E-state index is -1.05. The van der Waals surface area contributed by atoms with E-state index in [0.717, 1.165) is 6.08 Å². The van der Waals surface area contributed by atoms with Crippen LogP contribution in [0.3, 0.4) is 0 Å². The first-order valence-corrected chi connectivity index (χ1v) is 6.41. The fourth-order valence-corrected chi connectivity index (χ4v) is 1.56. The van der Waals surface area contributed by atoms with Gasteiger partial charge in [-0.05, 0) is 25.0 Å². The summed E-state index contributed by atoms with van der Waals surface area (Å²) in [5.41, 5.74) is 0.0844. The van der Waals surface area contributed by atoms with Crippen LogP contribution in [0.4, 0.5) is 0 Å². The molecule has 0 saturated carbocycles. The Kier molecular flexibility index (Phi) is 6.80. The molecule has 0 heterocycles. The maximum Gasteiger partial charge on any atom is 0.339 e. The number of carbonyl (C=O) groups excluding carboxylic acids is 1. The average Bonchev–Trinajstić information content (AvgIpc) is 2.49. The zero-order chi connectivity index (χ0) is 15.7. The molecule has 0 radical (unpaired) electrons. The zero-order valence-corrected chi connectivity index (χ0v) is 11.8. The molecule has 6 heteroatoms. The smallest absolute Gasteiger partial charge is 0.339 e. The van der Waals surface area contributed by atoms with Crippen LogP contribution in [0.2, 0.25) is 0 Å². The van der Waals surface area contributed by atoms with Crippen molar-refractivity contribution in [1.29, 1.82) is 0 Å². The summed E-state index contributed by atoms with van der Waals surface area (Å²) < 4.78 is 15.3. The minimum absolute atomic E-state index is 0.0844. The molecule has 1 aromatic carbocycles. The van der Waals surface area contributed by atoms with Crippen LogP contribution in [0, 0.1) is 0 Å². The third kappa shape index (κ3) is 5.56. The summed E-state index contributed by atoms with van der Waals surface area (Å²) in [6.45, 7) is 4.04. The van der Waals surface area contributed by atoms with Gasteiger partial charge >= 0.3 is 11.9 Å². The highest BCUT2D eigenvalue weighted by atomic mass is 16.5. The van der Waals surface area contributed by atoms with Crippen LogP contribution in [-0.2, 0) is 9.53 Å². The van der Waals surface area contributed by atoms with Crippen molar-refractivity contribution in [2.24, 2.45) is 0 Å². The molecule has 0 bridgehead atoms. The molecule has 0 aliphatic rings. The highest BCUT2D eigenvalue weighted by molar-refractivity contribution is 5.91. The first-order chi connectivity index (χ1) is 10.1. The lowest BCUT2D eigenvalue weighted by molar-refractivity contribution is -0.137. The van der Waals surface area contributed by atoms with Crippen LogP contribution in [0.15, 0.2) is 30.9 Å². The molecule has 0 aliphatic heterocycles. The van der Waals surface area contributed by atoms with Crippen LogP contribution >= 0.6 is 0 Å². The minimum Gasteiger partial charge on any atom is -0.496 e. The molecule has 0 aromatic heterocycles. The molecular formula is C15H18O6. The summed E-state index contributed by atoms with van der Waals surface area (Å²) in [5, 5.41) is 8.96. The SMILES string of the molecule is C=CC(=O)OCCCCOc1ccc(C(=O)O)c(OC)c1. The molecule has 21 heavy (non-hydrogen) atoms. The molecular weight excluding hydrogens is 276 g/mol. The van der Waals surface area contributed by atoms with Gasteiger partial charge in [-0.2, -0.15) is 0 Å². The summed E-state index contributed by atoms with van der Waals surface area (Å²) in [6, 6.07) is 4.53. The Bertz CT molecular complexity index is 509. The summed E-state index contributed by atoms with van der Waals surface area (Å²) in [5.74, 6) is -0.716. The van der Waals surface area contributed by atoms with Crippen LogP contribution < -0.4 is 9.47 Å². The van der Waals surface area contributed by atoms with Crippen molar-refractivity contribution in [2.45, 2.75) is 12.8 Å². The third-order valence-electron chi connectivity index (χ3n) is 2.62. The van der Waals surface area contributed by atoms with Gasteiger partial charge in [0, 0.05) is 12.1 Å². The lowest BCUT2D eigenvalue weighted by atomic mass is 10.2. The average molecular weight is 294 g/mol. The van der Waals surface area contributed by atoms with Crippen molar-refractivity contribution in [3.63, 3.8) is 0 Å². The van der Waals surface area contributed by atoms with Gasteiger partial charge in [0.25, 0.3) is 0 Å². The van der Waals surface area contributed by atoms with Gasteiger partial charge < -0.3 is 19.3 Å². The van der Waals surface area contributed by atoms with Gasteiger partial charge in [0.05, 0.1) is 20.3 Å². The van der Waals surface area contributed by atoms with Crippen molar-refractivity contribution in [3.05, 3.63) is 36.4 Å². The van der Waals surface area contributed by atoms with E-state index in [1.54, 1.807) is 6.07 Å². The van der Waals surface area contributed by atoms with Crippen LogP contribution in [-0.4, -0.2) is 37.4 Å². The number of methoxy groups -OCH3 is 1. The summed E-state index contributed by atoms with van der Waals surface area (Å²) in [7, 11) is 1.40. The number of carbonyl (C=O) groups is 2. The zero-order valence-electron chi connectivity index (χ0n) is 11.8. The van der Waals surface area contributed by atoms with E-state index in [9.17, 15) is 9.59 Å². The van der Waals surface area contributed by atoms with Gasteiger partial charge in [0.15, 0.2) is 0 Å². The Hall–Kier alpha value is -2.50. The molecule has 0 fully saturated rings. The first-order valence-electron chi connectivity index (χ1n) is 6.41. The lowest BCUT2D eigenvalue weighted by Crippen LogP contribution is -2.05. The van der Waals surface area contributed by atoms with Crippen LogP contribution in [0.25, 0.3) is 0 Å². The Morgan fingerprint density at radius 2 is 2.00 bits per heavy atom. The maximum atomic E-state index is 10.9. The molecule has 0 spiro atoms. The molecule has 0 atom stereocenters. The number of rotatable bonds is 9. The Morgan fingerprint density at radius 3 is 2.62 bits per heavy atom. The Morgan fingerprint density at radius 1 is 1.29 bits per heavy atom. The number of benzene rings is 1. The van der Waals surface area contributed by atoms with E-state index in [2.05, 4.69) is 6.58 Å². The Balaban J connectivity index is 2.37. The van der Waals surface area contributed by atoms with Crippen molar-refractivity contribution in [2.75, 3.05) is 20.3 Å². The van der Waals surface area contributed by atoms with Crippen LogP contribution in [0.1, 0.15) is 23.2 Å². The monoisotopic (exact) mass is 294 g/mol. The second-order valence-corrected chi connectivity index (χ2v) is 4.09. The summed E-state index contributed by atoms with van der Waals surface area (Å²) in [6.07, 6.45) is 2.49. The first kappa shape index (κ1) is 16.6. The van der Waals surface area contributed by atoms with Crippen molar-refractivity contribution in [3.8, 4) is 11.5 Å². The lowest BCUT2D eigenvalue weighted by Gasteiger charge is -2.09. The summed E-state index contributed by atoms with van der Waals surface area (Å²) in [4.78, 5) is 21.7. The van der Waals surface area contributed by atoms with Gasteiger partial charge in [-0.1, -0.05) is 6.58 Å². The van der Waals surface area contributed by atoms with Crippen molar-refractivity contribution < 1.29 is 28.9 Å². The van der Waals surface area contributed by atoms with Gasteiger partial charge in [0.2, 0.25) is 0 Å². The standard InChI is InChI=1S/C15H18O6/c1-3-14(16)21-9-5-4-8-20-11-6-7-12(15(17)18)13(10-11)19-2/h3,6-7,10H,1,4-5,8-9H2,2H3,(H,17,18). The van der Waals surface area contributed by atoms with E-state index in [0.29, 0.717) is 31.8 Å². The van der Waals surface area contributed by atoms with E-state index in [4.69, 9.17) is 19.3 Å². The fourth-order valence-electron chi connectivity index (χ4n) is 1.56. The summed E-state index contributed by atoms with van der Waals surface area (Å²) >= 11 is 0. The molecule has 0 amide bonds. The molecule has 1 rings (SSSR count). The predicted molar refractivity (Wildman–Crippen MR) is 75.8 cm³/mol. The molecule has 0 saturated heterocycles. The van der Waals surface area contributed by atoms with Crippen molar-refractivity contribution in [1.82, 2.24) is 0 Å². The van der Waals surface area contributed by atoms with Gasteiger partial charge in [-0.25, -0.2) is 9.59 Å². The van der Waals surface area contributed by atoms with E-state index in [1.165, 1.54) is 19.2 Å². The highest BCUT2D eigenvalue weighted by Gasteiger charge is 2.11. The number of hydrogen-bond acceptors (Lipinski definition) is 5. The number of aromatic carboxylic acids is 1. The van der Waals surface area contributed by atoms with E-state index in [-0.39, 0.29) is 11.3 Å². The number of unbranched alkanes of at least 4 members (excludes halogenated alkanes) is 1. The highest BCUT2D eigenvalue weighted by Crippen LogP contribution is 2.24. The molecule has 0 unspecified atom stereocenters. The molecule has 6 nitrogen and oxygen atoms in total. The van der Waals surface area contributed by atoms with E-state index in [1.807, 2.05) is 0 Å². The maximum absolute atomic E-state index is 10.9. The molecule has 1 N–H and O–H groups in total. The van der Waals surface area contributed by atoms with E-state index >= 15 is 0 Å². The number of ether oxygens (including phenoxy) is 3. The van der Waals surface area contributed by atoms with Gasteiger partial charge in [-0.3, -0.25) is 0 Å². The van der Waals surface area contributed by atoms with Crippen molar-refractivity contribution >= 4 is 11.9 Å². The number of hydrogen-bond donors (Lipinski definition) is 1. The predicted octanol–water partition coefficient (Wildman–Crippen LogP) is 2.28. The van der Waals surface area contributed by atoms with Crippen LogP contribution in [0.5, 0.6) is 11.5 Å². The van der Waals surface area contributed by atoms with Gasteiger partial charge in [0.1, 0.15) is 17.1 Å². The molecule has 0 aliphatic carbocycles. The van der Waals surface area contributed by atoms with Gasteiger partial charge in [-0.15, -0.1) is 0 Å². The number of carboxylic acid groups (broad SMARTS) is 1. The molecule has 1 aromatic rings. The Labute approximate surface area is 122 Å². The quantitative estimate of drug-likeness (QED) is 0.427. The molecule has 114 valence electrons. The second-order valence-electron chi connectivity index (χ2n) is 4.09. The third-order valence-corrected chi connectivity index (χ3v) is 2.62.